The molecule has 1 saturated heterocycles. The zero-order valence-corrected chi connectivity index (χ0v) is 6.88. The van der Waals surface area contributed by atoms with Crippen LogP contribution in [0.5, 0.6) is 0 Å². The Morgan fingerprint density at radius 1 is 1.73 bits per heavy atom. The highest BCUT2D eigenvalue weighted by Crippen LogP contribution is 2.31. The van der Waals surface area contributed by atoms with Crippen LogP contribution in [-0.4, -0.2) is 18.5 Å². The summed E-state index contributed by atoms with van der Waals surface area (Å²) < 4.78 is 5.40. The fraction of sp³-hybridized carbons (Fsp3) is 0.667. The van der Waals surface area contributed by atoms with Gasteiger partial charge in [-0.05, 0) is 12.8 Å². The average Bonchev–Trinajstić information content (AvgIpc) is 2.52. The lowest BCUT2D eigenvalue weighted by Gasteiger charge is -2.26. The molecule has 0 spiro atoms. The van der Waals surface area contributed by atoms with Crippen LogP contribution in [0.25, 0.3) is 0 Å². The van der Waals surface area contributed by atoms with Crippen LogP contribution in [-0.2, 0) is 9.53 Å². The Morgan fingerprint density at radius 2 is 2.45 bits per heavy atom. The van der Waals surface area contributed by atoms with Crippen molar-refractivity contribution in [3.8, 4) is 0 Å². The Labute approximate surface area is 67.2 Å². The van der Waals surface area contributed by atoms with Gasteiger partial charge in [-0.15, -0.1) is 6.58 Å². The zero-order chi connectivity index (χ0) is 8.32. The van der Waals surface area contributed by atoms with Gasteiger partial charge in [-0.2, -0.15) is 0 Å². The molecule has 0 radical (unpaired) electrons. The zero-order valence-electron chi connectivity index (χ0n) is 6.88. The minimum Gasteiger partial charge on any atom is -0.367 e. The molecular weight excluding hydrogens is 140 g/mol. The van der Waals surface area contributed by atoms with Crippen LogP contribution in [0.3, 0.4) is 0 Å². The molecule has 2 heteroatoms. The van der Waals surface area contributed by atoms with Gasteiger partial charge in [0.2, 0.25) is 0 Å². The molecule has 62 valence electrons. The highest BCUT2D eigenvalue weighted by molar-refractivity contribution is 5.64. The van der Waals surface area contributed by atoms with E-state index in [0.29, 0.717) is 6.61 Å². The summed E-state index contributed by atoms with van der Waals surface area (Å²) in [6.45, 7) is 6.33. The molecule has 0 aliphatic carbocycles. The molecule has 2 atom stereocenters. The van der Waals surface area contributed by atoms with Crippen molar-refractivity contribution in [1.82, 2.24) is 0 Å². The Morgan fingerprint density at radius 3 is 2.82 bits per heavy atom. The monoisotopic (exact) mass is 154 g/mol. The summed E-state index contributed by atoms with van der Waals surface area (Å²) in [5, 5.41) is 0. The fourth-order valence-electron chi connectivity index (χ4n) is 1.44. The molecule has 0 aromatic rings. The minimum atomic E-state index is -0.554. The van der Waals surface area contributed by atoms with Crippen LogP contribution in [0.2, 0.25) is 0 Å². The van der Waals surface area contributed by atoms with Gasteiger partial charge in [0.25, 0.3) is 0 Å². The van der Waals surface area contributed by atoms with Crippen molar-refractivity contribution in [2.75, 3.05) is 6.61 Å². The number of ether oxygens (including phenoxy) is 1. The van der Waals surface area contributed by atoms with E-state index < -0.39 is 5.60 Å². The number of carbonyl (C=O) groups excluding carboxylic acids is 1. The molecule has 1 aliphatic heterocycles. The van der Waals surface area contributed by atoms with Gasteiger partial charge in [0.15, 0.2) is 6.29 Å². The second kappa shape index (κ2) is 3.18. The quantitative estimate of drug-likeness (QED) is 0.455. The van der Waals surface area contributed by atoms with E-state index in [0.717, 1.165) is 19.1 Å². The van der Waals surface area contributed by atoms with E-state index in [4.69, 9.17) is 4.74 Å². The summed E-state index contributed by atoms with van der Waals surface area (Å²) in [5.74, 6) is 0.127. The van der Waals surface area contributed by atoms with Crippen LogP contribution >= 0.6 is 0 Å². The predicted molar refractivity (Wildman–Crippen MR) is 43.3 cm³/mol. The highest BCUT2D eigenvalue weighted by Gasteiger charge is 2.38. The van der Waals surface area contributed by atoms with Gasteiger partial charge in [0, 0.05) is 12.5 Å². The third kappa shape index (κ3) is 1.36. The Balaban J connectivity index is 2.73. The van der Waals surface area contributed by atoms with Gasteiger partial charge >= 0.3 is 0 Å². The summed E-state index contributed by atoms with van der Waals surface area (Å²) in [6, 6.07) is 0. The Kier molecular flexibility index (Phi) is 2.45. The molecule has 11 heavy (non-hydrogen) atoms. The van der Waals surface area contributed by atoms with Gasteiger partial charge in [-0.3, -0.25) is 0 Å². The van der Waals surface area contributed by atoms with Gasteiger partial charge in [0.05, 0.1) is 0 Å². The first-order valence-electron chi connectivity index (χ1n) is 3.98. The summed E-state index contributed by atoms with van der Waals surface area (Å²) in [7, 11) is 0. The second-order valence-corrected chi connectivity index (χ2v) is 3.05. The van der Waals surface area contributed by atoms with Crippen LogP contribution in [0.4, 0.5) is 0 Å². The van der Waals surface area contributed by atoms with E-state index >= 15 is 0 Å². The van der Waals surface area contributed by atoms with Crippen molar-refractivity contribution in [3.63, 3.8) is 0 Å². The van der Waals surface area contributed by atoms with Gasteiger partial charge in [-0.1, -0.05) is 13.0 Å². The van der Waals surface area contributed by atoms with Crippen molar-refractivity contribution >= 4 is 6.29 Å². The Bertz CT molecular complexity index is 157. The van der Waals surface area contributed by atoms with E-state index in [2.05, 4.69) is 6.58 Å². The summed E-state index contributed by atoms with van der Waals surface area (Å²) in [5.41, 5.74) is -0.554. The topological polar surface area (TPSA) is 26.3 Å². The van der Waals surface area contributed by atoms with E-state index in [1.165, 1.54) is 0 Å². The number of hydrogen-bond donors (Lipinski definition) is 0. The minimum absolute atomic E-state index is 0.127. The molecule has 0 saturated carbocycles. The maximum Gasteiger partial charge on any atom is 0.152 e. The molecule has 0 aromatic heterocycles. The fourth-order valence-corrected chi connectivity index (χ4v) is 1.44. The predicted octanol–water partition coefficient (Wildman–Crippen LogP) is 1.56. The van der Waals surface area contributed by atoms with Crippen molar-refractivity contribution in [2.24, 2.45) is 5.92 Å². The first kappa shape index (κ1) is 8.47. The standard InChI is InChI=1S/C9H14O2/c1-3-8(2)9(7-10)5-4-6-11-9/h3,7-8H,1,4-6H2,2H3. The van der Waals surface area contributed by atoms with Crippen LogP contribution in [0.1, 0.15) is 19.8 Å². The number of carbonyl (C=O) groups is 1. The molecule has 1 heterocycles. The number of aldehydes is 1. The van der Waals surface area contributed by atoms with Crippen molar-refractivity contribution < 1.29 is 9.53 Å². The molecule has 0 amide bonds. The maximum absolute atomic E-state index is 10.8. The van der Waals surface area contributed by atoms with Crippen LogP contribution < -0.4 is 0 Å². The summed E-state index contributed by atoms with van der Waals surface area (Å²) in [6.07, 6.45) is 4.52. The number of hydrogen-bond acceptors (Lipinski definition) is 2. The molecule has 0 N–H and O–H groups in total. The largest absolute Gasteiger partial charge is 0.367 e. The van der Waals surface area contributed by atoms with Crippen molar-refractivity contribution in [1.29, 1.82) is 0 Å². The first-order valence-corrected chi connectivity index (χ1v) is 3.98. The van der Waals surface area contributed by atoms with Gasteiger partial charge < -0.3 is 9.53 Å². The first-order chi connectivity index (χ1) is 5.25. The van der Waals surface area contributed by atoms with Gasteiger partial charge in [0.1, 0.15) is 5.60 Å². The van der Waals surface area contributed by atoms with Crippen LogP contribution in [0, 0.1) is 5.92 Å². The van der Waals surface area contributed by atoms with Crippen LogP contribution in [0.15, 0.2) is 12.7 Å². The second-order valence-electron chi connectivity index (χ2n) is 3.05. The van der Waals surface area contributed by atoms with E-state index in [9.17, 15) is 4.79 Å². The molecule has 0 aromatic carbocycles. The lowest BCUT2D eigenvalue weighted by atomic mass is 9.88. The summed E-state index contributed by atoms with van der Waals surface area (Å²) >= 11 is 0. The van der Waals surface area contributed by atoms with E-state index in [1.54, 1.807) is 6.08 Å². The van der Waals surface area contributed by atoms with E-state index in [-0.39, 0.29) is 5.92 Å². The maximum atomic E-state index is 10.8. The Hall–Kier alpha value is -0.630. The average molecular weight is 154 g/mol. The normalized spacial score (nSPS) is 33.2. The third-order valence-corrected chi connectivity index (χ3v) is 2.41. The molecule has 1 rings (SSSR count). The lowest BCUT2D eigenvalue weighted by molar-refractivity contribution is -0.129. The van der Waals surface area contributed by atoms with Gasteiger partial charge in [-0.25, -0.2) is 0 Å². The number of rotatable bonds is 3. The highest BCUT2D eigenvalue weighted by atomic mass is 16.5. The van der Waals surface area contributed by atoms with Crippen molar-refractivity contribution in [2.45, 2.75) is 25.4 Å². The smallest absolute Gasteiger partial charge is 0.152 e. The third-order valence-electron chi connectivity index (χ3n) is 2.41. The SMILES string of the molecule is C=CC(C)C1(C=O)CCCO1. The molecule has 2 unspecified atom stereocenters. The van der Waals surface area contributed by atoms with Crippen molar-refractivity contribution in [3.05, 3.63) is 12.7 Å². The molecule has 2 nitrogen and oxygen atoms in total. The molecule has 0 bridgehead atoms. The summed E-state index contributed by atoms with van der Waals surface area (Å²) in [4.78, 5) is 10.8. The lowest BCUT2D eigenvalue weighted by Crippen LogP contribution is -2.36. The van der Waals surface area contributed by atoms with E-state index in [1.807, 2.05) is 6.92 Å². The molecule has 1 aliphatic rings. The molecule has 1 fully saturated rings. The molecular formula is C9H14O2.